The van der Waals surface area contributed by atoms with Crippen molar-refractivity contribution in [2.24, 2.45) is 0 Å². The first-order valence-electron chi connectivity index (χ1n) is 6.69. The summed E-state index contributed by atoms with van der Waals surface area (Å²) >= 11 is 0. The number of carboxylic acid groups (broad SMARTS) is 1. The molecule has 1 fully saturated rings. The van der Waals surface area contributed by atoms with E-state index in [1.165, 1.54) is 18.2 Å². The van der Waals surface area contributed by atoms with Crippen LogP contribution in [-0.4, -0.2) is 42.8 Å². The fourth-order valence-corrected chi connectivity index (χ4v) is 2.07. The van der Waals surface area contributed by atoms with Crippen molar-refractivity contribution in [2.75, 3.05) is 25.6 Å². The molecule has 1 amide bonds. The maximum Gasteiger partial charge on any atom is 0.335 e. The molecule has 1 heterocycles. The number of rotatable bonds is 5. The van der Waals surface area contributed by atoms with E-state index in [0.29, 0.717) is 19.0 Å². The molecule has 7 heteroatoms. The second-order valence-electron chi connectivity index (χ2n) is 4.80. The van der Waals surface area contributed by atoms with Crippen LogP contribution in [0.1, 0.15) is 23.2 Å². The monoisotopic (exact) mass is 294 g/mol. The summed E-state index contributed by atoms with van der Waals surface area (Å²) in [4.78, 5) is 22.5. The summed E-state index contributed by atoms with van der Waals surface area (Å²) in [5.74, 6) is -1.00. The van der Waals surface area contributed by atoms with Gasteiger partial charge in [-0.1, -0.05) is 0 Å². The van der Waals surface area contributed by atoms with Gasteiger partial charge in [-0.2, -0.15) is 0 Å². The molecular formula is C14H18N2O5. The molecule has 21 heavy (non-hydrogen) atoms. The number of nitrogen functional groups attached to an aromatic ring is 1. The van der Waals surface area contributed by atoms with Crippen molar-refractivity contribution in [3.63, 3.8) is 0 Å². The van der Waals surface area contributed by atoms with Gasteiger partial charge in [0.05, 0.1) is 11.3 Å². The highest BCUT2D eigenvalue weighted by Crippen LogP contribution is 2.22. The summed E-state index contributed by atoms with van der Waals surface area (Å²) in [6.45, 7) is 1.14. The molecule has 0 bridgehead atoms. The zero-order valence-electron chi connectivity index (χ0n) is 11.5. The van der Waals surface area contributed by atoms with Gasteiger partial charge in [0.2, 0.25) is 0 Å². The number of carboxylic acids is 1. The minimum Gasteiger partial charge on any atom is -0.482 e. The van der Waals surface area contributed by atoms with Crippen molar-refractivity contribution in [2.45, 2.75) is 18.9 Å². The van der Waals surface area contributed by atoms with E-state index < -0.39 is 5.97 Å². The van der Waals surface area contributed by atoms with Crippen molar-refractivity contribution in [1.29, 1.82) is 0 Å². The predicted molar refractivity (Wildman–Crippen MR) is 75.3 cm³/mol. The van der Waals surface area contributed by atoms with E-state index in [4.69, 9.17) is 20.3 Å². The molecule has 4 N–H and O–H groups in total. The van der Waals surface area contributed by atoms with E-state index in [1.54, 1.807) is 0 Å². The van der Waals surface area contributed by atoms with E-state index in [-0.39, 0.29) is 29.8 Å². The number of nitrogens with two attached hydrogens (primary N) is 1. The standard InChI is InChI=1S/C14H18N2O5/c15-11-7-9(14(18)19)1-2-12(11)21-8-13(17)16-10-3-5-20-6-4-10/h1-2,7,10H,3-6,8,15H2,(H,16,17)(H,18,19). The Hall–Kier alpha value is -2.28. The van der Waals surface area contributed by atoms with Crippen LogP contribution in [0.4, 0.5) is 5.69 Å². The maximum absolute atomic E-state index is 11.8. The molecule has 0 unspecified atom stereocenters. The van der Waals surface area contributed by atoms with Crippen molar-refractivity contribution in [3.8, 4) is 5.75 Å². The number of anilines is 1. The summed E-state index contributed by atoms with van der Waals surface area (Å²) in [5, 5.41) is 11.7. The molecule has 114 valence electrons. The van der Waals surface area contributed by atoms with Crippen molar-refractivity contribution in [3.05, 3.63) is 23.8 Å². The molecule has 0 radical (unpaired) electrons. The van der Waals surface area contributed by atoms with Crippen LogP contribution in [0, 0.1) is 0 Å². The van der Waals surface area contributed by atoms with Gasteiger partial charge in [0.1, 0.15) is 5.75 Å². The highest BCUT2D eigenvalue weighted by molar-refractivity contribution is 5.89. The summed E-state index contributed by atoms with van der Waals surface area (Å²) in [6.07, 6.45) is 1.59. The Morgan fingerprint density at radius 1 is 1.38 bits per heavy atom. The highest BCUT2D eigenvalue weighted by atomic mass is 16.5. The van der Waals surface area contributed by atoms with Crippen LogP contribution in [0.5, 0.6) is 5.75 Å². The Kier molecular flexibility index (Phi) is 4.99. The third kappa shape index (κ3) is 4.35. The number of ether oxygens (including phenoxy) is 2. The second-order valence-corrected chi connectivity index (χ2v) is 4.80. The van der Waals surface area contributed by atoms with Crippen LogP contribution in [0.15, 0.2) is 18.2 Å². The molecule has 0 atom stereocenters. The topological polar surface area (TPSA) is 111 Å². The average molecular weight is 294 g/mol. The molecule has 7 nitrogen and oxygen atoms in total. The SMILES string of the molecule is Nc1cc(C(=O)O)ccc1OCC(=O)NC1CCOCC1. The number of hydrogen-bond acceptors (Lipinski definition) is 5. The summed E-state index contributed by atoms with van der Waals surface area (Å²) in [6, 6.07) is 4.24. The summed E-state index contributed by atoms with van der Waals surface area (Å²) in [7, 11) is 0. The van der Waals surface area contributed by atoms with Gasteiger partial charge >= 0.3 is 5.97 Å². The van der Waals surface area contributed by atoms with Crippen LogP contribution < -0.4 is 15.8 Å². The number of benzene rings is 1. The number of aromatic carboxylic acids is 1. The Balaban J connectivity index is 1.84. The smallest absolute Gasteiger partial charge is 0.335 e. The van der Waals surface area contributed by atoms with E-state index in [9.17, 15) is 9.59 Å². The molecule has 0 aromatic heterocycles. The predicted octanol–water partition coefficient (Wildman–Crippen LogP) is 0.641. The highest BCUT2D eigenvalue weighted by Gasteiger charge is 2.16. The zero-order chi connectivity index (χ0) is 15.2. The fourth-order valence-electron chi connectivity index (χ4n) is 2.07. The van der Waals surface area contributed by atoms with Crippen molar-refractivity contribution >= 4 is 17.6 Å². The zero-order valence-corrected chi connectivity index (χ0v) is 11.5. The Morgan fingerprint density at radius 2 is 2.10 bits per heavy atom. The lowest BCUT2D eigenvalue weighted by atomic mass is 10.1. The molecule has 0 spiro atoms. The largest absolute Gasteiger partial charge is 0.482 e. The minimum absolute atomic E-state index is 0.0755. The molecule has 1 aromatic carbocycles. The normalized spacial score (nSPS) is 15.4. The van der Waals surface area contributed by atoms with Gasteiger partial charge in [-0.15, -0.1) is 0 Å². The van der Waals surface area contributed by atoms with Gasteiger partial charge in [-0.3, -0.25) is 4.79 Å². The third-order valence-corrected chi connectivity index (χ3v) is 3.20. The fraction of sp³-hybridized carbons (Fsp3) is 0.429. The number of carbonyl (C=O) groups is 2. The average Bonchev–Trinajstić information content (AvgIpc) is 2.47. The minimum atomic E-state index is -1.06. The first-order valence-corrected chi connectivity index (χ1v) is 6.69. The second kappa shape index (κ2) is 6.94. The van der Waals surface area contributed by atoms with Crippen LogP contribution in [-0.2, 0) is 9.53 Å². The van der Waals surface area contributed by atoms with Gasteiger partial charge in [0.15, 0.2) is 6.61 Å². The van der Waals surface area contributed by atoms with Crippen LogP contribution in [0.2, 0.25) is 0 Å². The molecular weight excluding hydrogens is 276 g/mol. The number of nitrogens with one attached hydrogen (secondary N) is 1. The van der Waals surface area contributed by atoms with Gasteiger partial charge in [-0.05, 0) is 31.0 Å². The molecule has 1 aliphatic heterocycles. The first-order chi connectivity index (χ1) is 10.1. The lowest BCUT2D eigenvalue weighted by Gasteiger charge is -2.23. The van der Waals surface area contributed by atoms with E-state index >= 15 is 0 Å². The maximum atomic E-state index is 11.8. The van der Waals surface area contributed by atoms with E-state index in [2.05, 4.69) is 5.32 Å². The molecule has 2 rings (SSSR count). The Morgan fingerprint density at radius 3 is 2.71 bits per heavy atom. The van der Waals surface area contributed by atoms with Gasteiger partial charge in [-0.25, -0.2) is 4.79 Å². The Bertz CT molecular complexity index is 526. The quantitative estimate of drug-likeness (QED) is 0.687. The van der Waals surface area contributed by atoms with Gasteiger partial charge in [0.25, 0.3) is 5.91 Å². The van der Waals surface area contributed by atoms with Crippen LogP contribution in [0.25, 0.3) is 0 Å². The van der Waals surface area contributed by atoms with Crippen LogP contribution >= 0.6 is 0 Å². The third-order valence-electron chi connectivity index (χ3n) is 3.20. The number of amides is 1. The molecule has 1 aromatic rings. The van der Waals surface area contributed by atoms with Crippen LogP contribution in [0.3, 0.4) is 0 Å². The van der Waals surface area contributed by atoms with Crippen molar-refractivity contribution in [1.82, 2.24) is 5.32 Å². The lowest BCUT2D eigenvalue weighted by Crippen LogP contribution is -2.41. The Labute approximate surface area is 122 Å². The van der Waals surface area contributed by atoms with E-state index in [1.807, 2.05) is 0 Å². The van der Waals surface area contributed by atoms with Crippen molar-refractivity contribution < 1.29 is 24.2 Å². The molecule has 1 saturated heterocycles. The van der Waals surface area contributed by atoms with E-state index in [0.717, 1.165) is 12.8 Å². The summed E-state index contributed by atoms with van der Waals surface area (Å²) in [5.41, 5.74) is 5.96. The lowest BCUT2D eigenvalue weighted by molar-refractivity contribution is -0.124. The summed E-state index contributed by atoms with van der Waals surface area (Å²) < 4.78 is 10.5. The first kappa shape index (κ1) is 15.1. The van der Waals surface area contributed by atoms with Gasteiger partial charge in [0, 0.05) is 19.3 Å². The molecule has 1 aliphatic rings. The number of hydrogen-bond donors (Lipinski definition) is 3. The van der Waals surface area contributed by atoms with Gasteiger partial charge < -0.3 is 25.6 Å². The number of carbonyl (C=O) groups excluding carboxylic acids is 1. The molecule has 0 aliphatic carbocycles. The molecule has 0 saturated carbocycles.